The maximum atomic E-state index is 12.0. The lowest BCUT2D eigenvalue weighted by atomic mass is 10.1. The van der Waals surface area contributed by atoms with Crippen molar-refractivity contribution in [2.75, 3.05) is 6.61 Å². The molecule has 1 aliphatic heterocycles. The van der Waals surface area contributed by atoms with E-state index in [0.717, 1.165) is 27.8 Å². The first-order chi connectivity index (χ1) is 8.63. The number of halogens is 1. The van der Waals surface area contributed by atoms with Crippen LogP contribution in [0.5, 0.6) is 0 Å². The molecule has 5 heteroatoms. The van der Waals surface area contributed by atoms with Gasteiger partial charge in [-0.05, 0) is 30.2 Å². The quantitative estimate of drug-likeness (QED) is 0.804. The SMILES string of the molecule is CCCCOC(=O)N1Cc2cc(Br)ccc2C1=O. The minimum atomic E-state index is -0.555. The number of hydrogen-bond donors (Lipinski definition) is 0. The number of hydrogen-bond acceptors (Lipinski definition) is 3. The predicted molar refractivity (Wildman–Crippen MR) is 70.3 cm³/mol. The molecule has 0 aromatic heterocycles. The van der Waals surface area contributed by atoms with Gasteiger partial charge in [0.05, 0.1) is 13.2 Å². The Labute approximate surface area is 114 Å². The van der Waals surface area contributed by atoms with Crippen molar-refractivity contribution >= 4 is 27.9 Å². The van der Waals surface area contributed by atoms with Crippen molar-refractivity contribution in [2.45, 2.75) is 26.3 Å². The summed E-state index contributed by atoms with van der Waals surface area (Å²) in [6.45, 7) is 2.67. The van der Waals surface area contributed by atoms with Crippen LogP contribution < -0.4 is 0 Å². The molecule has 0 saturated heterocycles. The van der Waals surface area contributed by atoms with Crippen molar-refractivity contribution < 1.29 is 14.3 Å². The molecule has 0 fully saturated rings. The van der Waals surface area contributed by atoms with Crippen LogP contribution in [0.3, 0.4) is 0 Å². The molecule has 0 unspecified atom stereocenters. The van der Waals surface area contributed by atoms with Gasteiger partial charge < -0.3 is 4.74 Å². The first-order valence-corrected chi connectivity index (χ1v) is 6.70. The van der Waals surface area contributed by atoms with Gasteiger partial charge in [0.15, 0.2) is 0 Å². The van der Waals surface area contributed by atoms with E-state index in [2.05, 4.69) is 15.9 Å². The molecule has 4 nitrogen and oxygen atoms in total. The second kappa shape index (κ2) is 5.52. The van der Waals surface area contributed by atoms with Crippen LogP contribution in [0, 0.1) is 0 Å². The zero-order valence-electron chi connectivity index (χ0n) is 10.1. The van der Waals surface area contributed by atoms with E-state index in [-0.39, 0.29) is 5.91 Å². The van der Waals surface area contributed by atoms with Gasteiger partial charge in [0.1, 0.15) is 0 Å². The molecule has 0 spiro atoms. The second-order valence-corrected chi connectivity index (χ2v) is 5.08. The zero-order valence-corrected chi connectivity index (χ0v) is 11.7. The number of nitrogens with zero attached hydrogens (tertiary/aromatic N) is 1. The first-order valence-electron chi connectivity index (χ1n) is 5.90. The van der Waals surface area contributed by atoms with Crippen LogP contribution in [0.4, 0.5) is 4.79 Å². The summed E-state index contributed by atoms with van der Waals surface area (Å²) < 4.78 is 5.95. The van der Waals surface area contributed by atoms with Crippen LogP contribution in [-0.4, -0.2) is 23.5 Å². The molecule has 0 saturated carbocycles. The summed E-state index contributed by atoms with van der Waals surface area (Å²) in [6.07, 6.45) is 1.21. The van der Waals surface area contributed by atoms with E-state index in [0.29, 0.717) is 18.7 Å². The second-order valence-electron chi connectivity index (χ2n) is 4.16. The Balaban J connectivity index is 2.06. The van der Waals surface area contributed by atoms with Crippen LogP contribution in [0.1, 0.15) is 35.7 Å². The molecule has 1 heterocycles. The highest BCUT2D eigenvalue weighted by Gasteiger charge is 2.32. The molecule has 96 valence electrons. The van der Waals surface area contributed by atoms with Gasteiger partial charge in [0, 0.05) is 10.0 Å². The van der Waals surface area contributed by atoms with Gasteiger partial charge in [-0.15, -0.1) is 0 Å². The van der Waals surface area contributed by atoms with Crippen LogP contribution in [0.2, 0.25) is 0 Å². The highest BCUT2D eigenvalue weighted by molar-refractivity contribution is 9.10. The first kappa shape index (κ1) is 13.1. The molecule has 18 heavy (non-hydrogen) atoms. The summed E-state index contributed by atoms with van der Waals surface area (Å²) in [5, 5.41) is 0. The third-order valence-corrected chi connectivity index (χ3v) is 3.31. The Morgan fingerprint density at radius 1 is 1.50 bits per heavy atom. The van der Waals surface area contributed by atoms with Gasteiger partial charge in [0.25, 0.3) is 5.91 Å². The Kier molecular flexibility index (Phi) is 4.01. The number of unbranched alkanes of at least 4 members (excludes halogenated alkanes) is 1. The maximum Gasteiger partial charge on any atom is 0.417 e. The van der Waals surface area contributed by atoms with Crippen LogP contribution in [-0.2, 0) is 11.3 Å². The highest BCUT2D eigenvalue weighted by Crippen LogP contribution is 2.26. The topological polar surface area (TPSA) is 46.6 Å². The molecule has 0 bridgehead atoms. The standard InChI is InChI=1S/C13H14BrNO3/c1-2-3-6-18-13(17)15-8-9-7-10(14)4-5-11(9)12(15)16/h4-5,7H,2-3,6,8H2,1H3. The Bertz CT molecular complexity index is 487. The monoisotopic (exact) mass is 311 g/mol. The van der Waals surface area contributed by atoms with E-state index in [1.807, 2.05) is 13.0 Å². The number of carbonyl (C=O) groups is 2. The fraction of sp³-hybridized carbons (Fsp3) is 0.385. The minimum Gasteiger partial charge on any atom is -0.449 e. The Morgan fingerprint density at radius 2 is 2.28 bits per heavy atom. The molecule has 0 N–H and O–H groups in total. The van der Waals surface area contributed by atoms with Gasteiger partial charge in [-0.25, -0.2) is 9.69 Å². The van der Waals surface area contributed by atoms with Gasteiger partial charge in [-0.1, -0.05) is 29.3 Å². The van der Waals surface area contributed by atoms with E-state index < -0.39 is 6.09 Å². The summed E-state index contributed by atoms with van der Waals surface area (Å²) in [5.74, 6) is -0.279. The van der Waals surface area contributed by atoms with Gasteiger partial charge in [-0.3, -0.25) is 4.79 Å². The average molecular weight is 312 g/mol. The number of imide groups is 1. The summed E-state index contributed by atoms with van der Waals surface area (Å²) in [6, 6.07) is 5.37. The molecule has 0 atom stereocenters. The van der Waals surface area contributed by atoms with Crippen LogP contribution in [0.15, 0.2) is 22.7 Å². The highest BCUT2D eigenvalue weighted by atomic mass is 79.9. The molecule has 0 radical (unpaired) electrons. The van der Waals surface area contributed by atoms with Crippen molar-refractivity contribution in [2.24, 2.45) is 0 Å². The van der Waals surface area contributed by atoms with Crippen molar-refractivity contribution in [1.29, 1.82) is 0 Å². The summed E-state index contributed by atoms with van der Waals surface area (Å²) in [4.78, 5) is 24.9. The van der Waals surface area contributed by atoms with Gasteiger partial charge >= 0.3 is 6.09 Å². The van der Waals surface area contributed by atoms with E-state index in [1.54, 1.807) is 12.1 Å². The van der Waals surface area contributed by atoms with E-state index in [4.69, 9.17) is 4.74 Å². The molecule has 1 aliphatic rings. The van der Waals surface area contributed by atoms with Crippen molar-refractivity contribution in [3.05, 3.63) is 33.8 Å². The smallest absolute Gasteiger partial charge is 0.417 e. The zero-order chi connectivity index (χ0) is 13.1. The third kappa shape index (κ3) is 2.56. The molecular formula is C13H14BrNO3. The minimum absolute atomic E-state index is 0.279. The summed E-state index contributed by atoms with van der Waals surface area (Å²) in [7, 11) is 0. The number of amides is 2. The van der Waals surface area contributed by atoms with Crippen molar-refractivity contribution in [1.82, 2.24) is 4.90 Å². The van der Waals surface area contributed by atoms with E-state index in [1.165, 1.54) is 0 Å². The van der Waals surface area contributed by atoms with Crippen LogP contribution in [0.25, 0.3) is 0 Å². The molecule has 1 aromatic rings. The van der Waals surface area contributed by atoms with Crippen molar-refractivity contribution in [3.63, 3.8) is 0 Å². The fourth-order valence-electron chi connectivity index (χ4n) is 1.82. The lowest BCUT2D eigenvalue weighted by Gasteiger charge is -2.13. The normalized spacial score (nSPS) is 13.7. The number of rotatable bonds is 3. The lowest BCUT2D eigenvalue weighted by Crippen LogP contribution is -2.31. The number of carbonyl (C=O) groups excluding carboxylic acids is 2. The Hall–Kier alpha value is -1.36. The number of ether oxygens (including phenoxy) is 1. The van der Waals surface area contributed by atoms with Crippen LogP contribution >= 0.6 is 15.9 Å². The molecule has 0 aliphatic carbocycles. The Morgan fingerprint density at radius 3 is 3.00 bits per heavy atom. The number of fused-ring (bicyclic) bond motifs is 1. The lowest BCUT2D eigenvalue weighted by molar-refractivity contribution is 0.0678. The molecule has 2 amide bonds. The number of benzene rings is 1. The van der Waals surface area contributed by atoms with Gasteiger partial charge in [0.2, 0.25) is 0 Å². The summed E-state index contributed by atoms with van der Waals surface area (Å²) in [5.41, 5.74) is 1.42. The molecule has 2 rings (SSSR count). The summed E-state index contributed by atoms with van der Waals surface area (Å²) >= 11 is 3.35. The van der Waals surface area contributed by atoms with Gasteiger partial charge in [-0.2, -0.15) is 0 Å². The third-order valence-electron chi connectivity index (χ3n) is 2.82. The van der Waals surface area contributed by atoms with E-state index >= 15 is 0 Å². The predicted octanol–water partition coefficient (Wildman–Crippen LogP) is 3.34. The fourth-order valence-corrected chi connectivity index (χ4v) is 2.23. The van der Waals surface area contributed by atoms with E-state index in [9.17, 15) is 9.59 Å². The maximum absolute atomic E-state index is 12.0. The molecular weight excluding hydrogens is 298 g/mol. The largest absolute Gasteiger partial charge is 0.449 e. The average Bonchev–Trinajstić information content (AvgIpc) is 2.66. The van der Waals surface area contributed by atoms with Crippen molar-refractivity contribution in [3.8, 4) is 0 Å². The molecule has 1 aromatic carbocycles.